The highest BCUT2D eigenvalue weighted by Crippen LogP contribution is 2.26. The second-order valence-electron chi connectivity index (χ2n) is 6.38. The van der Waals surface area contributed by atoms with E-state index in [1.165, 1.54) is 40.7 Å². The molecule has 0 radical (unpaired) electrons. The lowest BCUT2D eigenvalue weighted by molar-refractivity contribution is 0.102. The fraction of sp³-hybridized carbons (Fsp3) is 0.263. The predicted molar refractivity (Wildman–Crippen MR) is 99.5 cm³/mol. The van der Waals surface area contributed by atoms with Gasteiger partial charge >= 0.3 is 0 Å². The third-order valence-corrected chi connectivity index (χ3v) is 6.53. The van der Waals surface area contributed by atoms with Crippen LogP contribution in [-0.4, -0.2) is 42.9 Å². The summed E-state index contributed by atoms with van der Waals surface area (Å²) in [6.07, 6.45) is 1.25. The van der Waals surface area contributed by atoms with Gasteiger partial charge in [0.2, 0.25) is 10.0 Å². The average molecular weight is 403 g/mol. The van der Waals surface area contributed by atoms with Gasteiger partial charge in [-0.05, 0) is 49.2 Å². The van der Waals surface area contributed by atoms with E-state index in [2.05, 4.69) is 5.32 Å². The molecule has 0 spiro atoms. The Morgan fingerprint density at radius 2 is 2.11 bits per heavy atom. The van der Waals surface area contributed by atoms with Crippen molar-refractivity contribution in [1.82, 2.24) is 4.31 Å². The Kier molecular flexibility index (Phi) is 5.74. The van der Waals surface area contributed by atoms with Crippen LogP contribution in [0.5, 0.6) is 0 Å². The van der Waals surface area contributed by atoms with E-state index >= 15 is 0 Å². The van der Waals surface area contributed by atoms with Gasteiger partial charge in [0, 0.05) is 23.8 Å². The molecule has 7 nitrogen and oxygen atoms in total. The molecule has 9 heteroatoms. The molecule has 146 valence electrons. The molecule has 1 saturated heterocycles. The normalized spacial score (nSPS) is 17.2. The van der Waals surface area contributed by atoms with Gasteiger partial charge in [-0.1, -0.05) is 6.07 Å². The van der Waals surface area contributed by atoms with E-state index < -0.39 is 27.8 Å². The van der Waals surface area contributed by atoms with Crippen molar-refractivity contribution in [2.45, 2.75) is 23.8 Å². The Morgan fingerprint density at radius 1 is 1.32 bits per heavy atom. The van der Waals surface area contributed by atoms with Crippen LogP contribution < -0.4 is 5.32 Å². The Hall–Kier alpha value is -2.80. The summed E-state index contributed by atoms with van der Waals surface area (Å²) in [4.78, 5) is 12.4. The lowest BCUT2D eigenvalue weighted by atomic mass is 10.2. The number of aliphatic hydroxyl groups excluding tert-OH is 1. The van der Waals surface area contributed by atoms with Crippen molar-refractivity contribution < 1.29 is 22.7 Å². The molecule has 1 aliphatic heterocycles. The molecule has 28 heavy (non-hydrogen) atoms. The van der Waals surface area contributed by atoms with Crippen molar-refractivity contribution in [3.63, 3.8) is 0 Å². The number of rotatable bonds is 5. The van der Waals surface area contributed by atoms with Crippen LogP contribution in [0.3, 0.4) is 0 Å². The fourth-order valence-electron chi connectivity index (χ4n) is 3.13. The minimum absolute atomic E-state index is 0.0441. The summed E-state index contributed by atoms with van der Waals surface area (Å²) in [5, 5.41) is 20.8. The number of aliphatic hydroxyl groups is 1. The van der Waals surface area contributed by atoms with Gasteiger partial charge in [-0.3, -0.25) is 4.79 Å². The lowest BCUT2D eigenvalue weighted by Crippen LogP contribution is -2.37. The second-order valence-corrected chi connectivity index (χ2v) is 8.27. The third-order valence-electron chi connectivity index (χ3n) is 4.58. The Bertz CT molecular complexity index is 1050. The van der Waals surface area contributed by atoms with Crippen LogP contribution in [-0.2, 0) is 10.0 Å². The topological polar surface area (TPSA) is 110 Å². The number of amides is 1. The third kappa shape index (κ3) is 3.89. The maximum atomic E-state index is 13.4. The molecule has 0 saturated carbocycles. The van der Waals surface area contributed by atoms with Gasteiger partial charge in [-0.2, -0.15) is 9.57 Å². The first kappa shape index (κ1) is 19.9. The Morgan fingerprint density at radius 3 is 2.82 bits per heavy atom. The van der Waals surface area contributed by atoms with Gasteiger partial charge in [-0.25, -0.2) is 12.8 Å². The number of nitrogens with zero attached hydrogens (tertiary/aromatic N) is 2. The zero-order valence-corrected chi connectivity index (χ0v) is 15.6. The number of carbonyl (C=O) groups is 1. The first-order valence-electron chi connectivity index (χ1n) is 8.60. The Balaban J connectivity index is 1.85. The molecule has 1 fully saturated rings. The molecule has 2 aromatic rings. The molecule has 1 atom stereocenters. The van der Waals surface area contributed by atoms with E-state index in [9.17, 15) is 22.7 Å². The van der Waals surface area contributed by atoms with E-state index in [1.54, 1.807) is 6.07 Å². The van der Waals surface area contributed by atoms with Crippen LogP contribution in [0.1, 0.15) is 28.8 Å². The highest BCUT2D eigenvalue weighted by Gasteiger charge is 2.35. The first-order chi connectivity index (χ1) is 13.4. The number of halogens is 1. The molecule has 1 aliphatic rings. The van der Waals surface area contributed by atoms with Crippen LogP contribution in [0, 0.1) is 17.1 Å². The molecule has 1 heterocycles. The smallest absolute Gasteiger partial charge is 0.255 e. The predicted octanol–water partition coefficient (Wildman–Crippen LogP) is 2.10. The van der Waals surface area contributed by atoms with Gasteiger partial charge in [0.05, 0.1) is 17.1 Å². The maximum absolute atomic E-state index is 13.4. The largest absolute Gasteiger partial charge is 0.395 e. The summed E-state index contributed by atoms with van der Waals surface area (Å²) >= 11 is 0. The monoisotopic (exact) mass is 403 g/mol. The number of carbonyl (C=O) groups excluding carboxylic acids is 1. The molecular weight excluding hydrogens is 385 g/mol. The van der Waals surface area contributed by atoms with Gasteiger partial charge < -0.3 is 10.4 Å². The lowest BCUT2D eigenvalue weighted by Gasteiger charge is -2.22. The van der Waals surface area contributed by atoms with Crippen LogP contribution in [0.2, 0.25) is 0 Å². The summed E-state index contributed by atoms with van der Waals surface area (Å²) in [6.45, 7) is 0.0572. The summed E-state index contributed by atoms with van der Waals surface area (Å²) < 4.78 is 40.4. The highest BCUT2D eigenvalue weighted by atomic mass is 32.2. The summed E-state index contributed by atoms with van der Waals surface area (Å²) in [6, 6.07) is 10.4. The molecule has 0 aromatic heterocycles. The Labute approximate surface area is 162 Å². The van der Waals surface area contributed by atoms with Crippen molar-refractivity contribution in [2.75, 3.05) is 18.5 Å². The van der Waals surface area contributed by atoms with E-state index in [4.69, 9.17) is 5.26 Å². The van der Waals surface area contributed by atoms with Crippen LogP contribution >= 0.6 is 0 Å². The van der Waals surface area contributed by atoms with E-state index in [0.29, 0.717) is 19.4 Å². The minimum Gasteiger partial charge on any atom is -0.395 e. The van der Waals surface area contributed by atoms with E-state index in [0.717, 1.165) is 6.07 Å². The van der Waals surface area contributed by atoms with Gasteiger partial charge in [0.1, 0.15) is 11.9 Å². The molecule has 2 N–H and O–H groups in total. The number of nitriles is 1. The number of anilines is 1. The molecule has 1 unspecified atom stereocenters. The standard InChI is InChI=1S/C19H18FN3O4S/c20-18-7-6-15(9-14(18)11-21)22-19(25)13-3-1-5-17(10-13)28(26,27)23-8-2-4-16(23)12-24/h1,3,5-7,9-10,16,24H,2,4,8,12H2,(H,22,25). The maximum Gasteiger partial charge on any atom is 0.255 e. The summed E-state index contributed by atoms with van der Waals surface area (Å²) in [5.74, 6) is -1.29. The van der Waals surface area contributed by atoms with Crippen molar-refractivity contribution in [3.05, 3.63) is 59.4 Å². The van der Waals surface area contributed by atoms with Crippen molar-refractivity contribution in [1.29, 1.82) is 5.26 Å². The van der Waals surface area contributed by atoms with Crippen LogP contribution in [0.25, 0.3) is 0 Å². The van der Waals surface area contributed by atoms with Gasteiger partial charge in [0.15, 0.2) is 0 Å². The molecule has 2 aromatic carbocycles. The zero-order chi connectivity index (χ0) is 20.3. The second kappa shape index (κ2) is 8.06. The molecular formula is C19H18FN3O4S. The van der Waals surface area contributed by atoms with Crippen molar-refractivity contribution in [3.8, 4) is 6.07 Å². The minimum atomic E-state index is -3.84. The zero-order valence-electron chi connectivity index (χ0n) is 14.8. The molecule has 0 aliphatic carbocycles. The number of hydrogen-bond acceptors (Lipinski definition) is 5. The fourth-order valence-corrected chi connectivity index (χ4v) is 4.86. The average Bonchev–Trinajstić information content (AvgIpc) is 3.19. The van der Waals surface area contributed by atoms with E-state index in [1.807, 2.05) is 0 Å². The summed E-state index contributed by atoms with van der Waals surface area (Å²) in [5.41, 5.74) is 0.109. The summed E-state index contributed by atoms with van der Waals surface area (Å²) in [7, 11) is -3.84. The molecule has 0 bridgehead atoms. The van der Waals surface area contributed by atoms with E-state index in [-0.39, 0.29) is 28.3 Å². The number of nitrogens with one attached hydrogen (secondary N) is 1. The number of benzene rings is 2. The van der Waals surface area contributed by atoms with Gasteiger partial charge in [0.25, 0.3) is 5.91 Å². The van der Waals surface area contributed by atoms with Crippen molar-refractivity contribution >= 4 is 21.6 Å². The number of sulfonamides is 1. The molecule has 1 amide bonds. The molecule has 3 rings (SSSR count). The number of hydrogen-bond donors (Lipinski definition) is 2. The van der Waals surface area contributed by atoms with Gasteiger partial charge in [-0.15, -0.1) is 0 Å². The quantitative estimate of drug-likeness (QED) is 0.794. The first-order valence-corrected chi connectivity index (χ1v) is 10.0. The van der Waals surface area contributed by atoms with Crippen LogP contribution in [0.4, 0.5) is 10.1 Å². The highest BCUT2D eigenvalue weighted by molar-refractivity contribution is 7.89. The van der Waals surface area contributed by atoms with Crippen LogP contribution in [0.15, 0.2) is 47.4 Å². The van der Waals surface area contributed by atoms with Crippen molar-refractivity contribution in [2.24, 2.45) is 0 Å². The SMILES string of the molecule is N#Cc1cc(NC(=O)c2cccc(S(=O)(=O)N3CCCC3CO)c2)ccc1F.